The highest BCUT2D eigenvalue weighted by atomic mass is 127. The van der Waals surface area contributed by atoms with Gasteiger partial charge in [0.2, 0.25) is 11.9 Å². The Hall–Kier alpha value is -1.35. The summed E-state index contributed by atoms with van der Waals surface area (Å²) in [5.41, 5.74) is 0.870. The van der Waals surface area contributed by atoms with Crippen LogP contribution in [0.3, 0.4) is 0 Å². The lowest BCUT2D eigenvalue weighted by atomic mass is 10.3. The van der Waals surface area contributed by atoms with Crippen LogP contribution in [0.4, 0.5) is 17.6 Å². The van der Waals surface area contributed by atoms with Crippen LogP contribution in [0.5, 0.6) is 6.01 Å². The molecule has 0 unspecified atom stereocenters. The summed E-state index contributed by atoms with van der Waals surface area (Å²) < 4.78 is 6.43. The number of nitrogens with one attached hydrogen (secondary N) is 2. The lowest BCUT2D eigenvalue weighted by molar-refractivity contribution is 0.292. The van der Waals surface area contributed by atoms with Crippen LogP contribution in [0, 0.1) is 3.57 Å². The standard InChI is InChI=1S/C13H15ClIN5O/c1-3-6-21-13-19-11(16-2)18-12(20-13)17-10-5-4-8(14)7-9(10)15/h4-5,7H,3,6H2,1-2H3,(H2,16,17,18,19,20). The molecular formula is C13H15ClIN5O. The molecule has 0 fully saturated rings. The van der Waals surface area contributed by atoms with E-state index in [0.29, 0.717) is 29.5 Å². The van der Waals surface area contributed by atoms with Gasteiger partial charge in [0, 0.05) is 15.6 Å². The Kier molecular flexibility index (Phi) is 5.80. The van der Waals surface area contributed by atoms with Gasteiger partial charge in [-0.15, -0.1) is 0 Å². The van der Waals surface area contributed by atoms with Crippen LogP contribution in [0.25, 0.3) is 0 Å². The zero-order chi connectivity index (χ0) is 15.2. The fraction of sp³-hybridized carbons (Fsp3) is 0.308. The molecule has 1 heterocycles. The number of aromatic nitrogens is 3. The molecule has 8 heteroatoms. The molecule has 1 aromatic carbocycles. The average molecular weight is 420 g/mol. The predicted molar refractivity (Wildman–Crippen MR) is 92.6 cm³/mol. The summed E-state index contributed by atoms with van der Waals surface area (Å²) in [7, 11) is 1.74. The van der Waals surface area contributed by atoms with Crippen molar-refractivity contribution in [3.8, 4) is 6.01 Å². The molecule has 0 spiro atoms. The van der Waals surface area contributed by atoms with Gasteiger partial charge >= 0.3 is 6.01 Å². The quantitative estimate of drug-likeness (QED) is 0.696. The molecule has 112 valence electrons. The predicted octanol–water partition coefficient (Wildman–Crippen LogP) is 3.70. The first-order valence-electron chi connectivity index (χ1n) is 6.41. The van der Waals surface area contributed by atoms with E-state index in [4.69, 9.17) is 16.3 Å². The van der Waals surface area contributed by atoms with Crippen LogP contribution in [0.15, 0.2) is 18.2 Å². The highest BCUT2D eigenvalue weighted by molar-refractivity contribution is 14.1. The maximum atomic E-state index is 5.95. The molecule has 1 aromatic heterocycles. The van der Waals surface area contributed by atoms with Crippen molar-refractivity contribution in [1.82, 2.24) is 15.0 Å². The Morgan fingerprint density at radius 2 is 2.00 bits per heavy atom. The zero-order valence-corrected chi connectivity index (χ0v) is 14.6. The third-order valence-corrected chi connectivity index (χ3v) is 3.58. The van der Waals surface area contributed by atoms with Gasteiger partial charge in [0.1, 0.15) is 0 Å². The van der Waals surface area contributed by atoms with E-state index in [-0.39, 0.29) is 0 Å². The molecule has 2 aromatic rings. The van der Waals surface area contributed by atoms with E-state index >= 15 is 0 Å². The fourth-order valence-corrected chi connectivity index (χ4v) is 2.50. The summed E-state index contributed by atoms with van der Waals surface area (Å²) in [5, 5.41) is 6.71. The van der Waals surface area contributed by atoms with Crippen LogP contribution in [-0.4, -0.2) is 28.6 Å². The van der Waals surface area contributed by atoms with Gasteiger partial charge in [-0.1, -0.05) is 18.5 Å². The maximum Gasteiger partial charge on any atom is 0.323 e. The second kappa shape index (κ2) is 7.60. The van der Waals surface area contributed by atoms with Crippen molar-refractivity contribution < 1.29 is 4.74 Å². The van der Waals surface area contributed by atoms with Gasteiger partial charge in [-0.25, -0.2) is 0 Å². The van der Waals surface area contributed by atoms with Crippen molar-refractivity contribution in [3.63, 3.8) is 0 Å². The Morgan fingerprint density at radius 1 is 1.24 bits per heavy atom. The van der Waals surface area contributed by atoms with Crippen molar-refractivity contribution in [1.29, 1.82) is 0 Å². The molecule has 0 amide bonds. The first-order chi connectivity index (χ1) is 10.1. The summed E-state index contributed by atoms with van der Waals surface area (Å²) in [6, 6.07) is 5.84. The van der Waals surface area contributed by atoms with Crippen molar-refractivity contribution in [3.05, 3.63) is 26.8 Å². The third kappa shape index (κ3) is 4.57. The van der Waals surface area contributed by atoms with Gasteiger partial charge in [0.05, 0.1) is 12.3 Å². The summed E-state index contributed by atoms with van der Waals surface area (Å²) in [4.78, 5) is 12.7. The lowest BCUT2D eigenvalue weighted by Crippen LogP contribution is -2.08. The minimum atomic E-state index is 0.294. The van der Waals surface area contributed by atoms with Gasteiger partial charge < -0.3 is 15.4 Å². The molecule has 21 heavy (non-hydrogen) atoms. The van der Waals surface area contributed by atoms with E-state index in [1.165, 1.54) is 0 Å². The molecule has 0 saturated carbocycles. The van der Waals surface area contributed by atoms with E-state index in [9.17, 15) is 0 Å². The minimum absolute atomic E-state index is 0.294. The van der Waals surface area contributed by atoms with Crippen LogP contribution in [0.1, 0.15) is 13.3 Å². The Bertz CT molecular complexity index is 626. The number of nitrogens with zero attached hydrogens (tertiary/aromatic N) is 3. The number of hydrogen-bond donors (Lipinski definition) is 2. The highest BCUT2D eigenvalue weighted by Gasteiger charge is 2.08. The van der Waals surface area contributed by atoms with Crippen molar-refractivity contribution in [2.45, 2.75) is 13.3 Å². The number of benzene rings is 1. The van der Waals surface area contributed by atoms with Crippen LogP contribution >= 0.6 is 34.2 Å². The molecule has 0 aliphatic carbocycles. The van der Waals surface area contributed by atoms with Gasteiger partial charge in [-0.05, 0) is 47.2 Å². The van der Waals surface area contributed by atoms with Gasteiger partial charge in [-0.3, -0.25) is 0 Å². The molecule has 0 saturated heterocycles. The Morgan fingerprint density at radius 3 is 2.67 bits per heavy atom. The molecule has 0 aliphatic rings. The molecule has 0 radical (unpaired) electrons. The van der Waals surface area contributed by atoms with Crippen LogP contribution < -0.4 is 15.4 Å². The molecule has 0 bridgehead atoms. The molecule has 6 nitrogen and oxygen atoms in total. The van der Waals surface area contributed by atoms with Gasteiger partial charge in [0.25, 0.3) is 0 Å². The van der Waals surface area contributed by atoms with Gasteiger partial charge in [0.15, 0.2) is 0 Å². The summed E-state index contributed by atoms with van der Waals surface area (Å²) in [6.45, 7) is 2.58. The second-order valence-electron chi connectivity index (χ2n) is 4.11. The first kappa shape index (κ1) is 16.0. The zero-order valence-electron chi connectivity index (χ0n) is 11.7. The lowest BCUT2D eigenvalue weighted by Gasteiger charge is -2.10. The number of ether oxygens (including phenoxy) is 1. The van der Waals surface area contributed by atoms with Crippen molar-refractivity contribution >= 4 is 51.8 Å². The monoisotopic (exact) mass is 419 g/mol. The Balaban J connectivity index is 2.25. The van der Waals surface area contributed by atoms with Gasteiger partial charge in [-0.2, -0.15) is 15.0 Å². The van der Waals surface area contributed by atoms with Crippen molar-refractivity contribution in [2.75, 3.05) is 24.3 Å². The average Bonchev–Trinajstić information content (AvgIpc) is 2.48. The summed E-state index contributed by atoms with van der Waals surface area (Å²) in [5.74, 6) is 0.864. The van der Waals surface area contributed by atoms with Crippen molar-refractivity contribution in [2.24, 2.45) is 0 Å². The third-order valence-electron chi connectivity index (χ3n) is 2.45. The summed E-state index contributed by atoms with van der Waals surface area (Å²) in [6.07, 6.45) is 0.887. The van der Waals surface area contributed by atoms with Crippen LogP contribution in [0.2, 0.25) is 5.02 Å². The molecular weight excluding hydrogens is 405 g/mol. The Labute approximate surface area is 141 Å². The SMILES string of the molecule is CCCOc1nc(NC)nc(Nc2ccc(Cl)cc2I)n1. The second-order valence-corrected chi connectivity index (χ2v) is 5.71. The number of halogens is 2. The largest absolute Gasteiger partial charge is 0.463 e. The number of anilines is 3. The van der Waals surface area contributed by atoms with E-state index in [2.05, 4.69) is 48.2 Å². The number of rotatable bonds is 6. The molecule has 0 atom stereocenters. The molecule has 2 rings (SSSR count). The fourth-order valence-electron chi connectivity index (χ4n) is 1.49. The van der Waals surface area contributed by atoms with E-state index in [0.717, 1.165) is 15.7 Å². The normalized spacial score (nSPS) is 10.3. The maximum absolute atomic E-state index is 5.95. The molecule has 2 N–H and O–H groups in total. The number of hydrogen-bond acceptors (Lipinski definition) is 6. The van der Waals surface area contributed by atoms with E-state index < -0.39 is 0 Å². The molecule has 0 aliphatic heterocycles. The summed E-state index contributed by atoms with van der Waals surface area (Å²) >= 11 is 8.14. The van der Waals surface area contributed by atoms with E-state index in [1.807, 2.05) is 19.1 Å². The van der Waals surface area contributed by atoms with E-state index in [1.54, 1.807) is 13.1 Å². The van der Waals surface area contributed by atoms with Crippen LogP contribution in [-0.2, 0) is 0 Å². The highest BCUT2D eigenvalue weighted by Crippen LogP contribution is 2.25. The minimum Gasteiger partial charge on any atom is -0.463 e. The first-order valence-corrected chi connectivity index (χ1v) is 7.86. The topological polar surface area (TPSA) is 72.0 Å². The smallest absolute Gasteiger partial charge is 0.323 e.